The Labute approximate surface area is 300 Å². The average Bonchev–Trinajstić information content (AvgIpc) is 3.63. The number of benzene rings is 2. The molecule has 2 heterocycles. The van der Waals surface area contributed by atoms with Crippen molar-refractivity contribution >= 4 is 23.5 Å². The Bertz CT molecular complexity index is 1650. The van der Waals surface area contributed by atoms with Crippen LogP contribution in [0.25, 0.3) is 0 Å². The SMILES string of the molecule is CCC(=O)N[C@@H](C(=O)N1CCC(Oc2ccccc2)CC1)[C@@H](C)c1ccc(CC(=O)[C@@H](NC(=O)c2ccnn2CC)C2CCC(C)CC2)c(F)c1. The number of Topliss-reactive ketones (excluding diaryl/α,β-unsaturated/α-hetero) is 1. The minimum absolute atomic E-state index is 0.0173. The third-order valence-corrected chi connectivity index (χ3v) is 10.6. The lowest BCUT2D eigenvalue weighted by Crippen LogP contribution is -2.53. The number of carbonyl (C=O) groups is 4. The summed E-state index contributed by atoms with van der Waals surface area (Å²) in [4.78, 5) is 55.4. The molecule has 2 aromatic carbocycles. The molecule has 2 aliphatic rings. The molecule has 1 saturated carbocycles. The number of aromatic nitrogens is 2. The minimum Gasteiger partial charge on any atom is -0.490 e. The molecular formula is C40H52FN5O5. The number of rotatable bonds is 14. The summed E-state index contributed by atoms with van der Waals surface area (Å²) < 4.78 is 23.5. The number of halogens is 1. The van der Waals surface area contributed by atoms with Crippen LogP contribution in [-0.4, -0.2) is 69.5 Å². The molecular weight excluding hydrogens is 649 g/mol. The first-order chi connectivity index (χ1) is 24.6. The highest BCUT2D eigenvalue weighted by Gasteiger charge is 2.36. The largest absolute Gasteiger partial charge is 0.490 e. The van der Waals surface area contributed by atoms with Crippen molar-refractivity contribution < 1.29 is 28.3 Å². The summed E-state index contributed by atoms with van der Waals surface area (Å²) in [6, 6.07) is 14.3. The molecule has 0 spiro atoms. The number of hydrogen-bond donors (Lipinski definition) is 2. The second kappa shape index (κ2) is 17.6. The summed E-state index contributed by atoms with van der Waals surface area (Å²) in [7, 11) is 0. The van der Waals surface area contributed by atoms with Crippen molar-refractivity contribution in [2.75, 3.05) is 13.1 Å². The van der Waals surface area contributed by atoms with Gasteiger partial charge in [-0.1, -0.05) is 63.9 Å². The topological polar surface area (TPSA) is 123 Å². The van der Waals surface area contributed by atoms with E-state index in [1.54, 1.807) is 47.8 Å². The lowest BCUT2D eigenvalue weighted by molar-refractivity contribution is -0.138. The molecule has 1 aliphatic carbocycles. The zero-order chi connectivity index (χ0) is 36.5. The van der Waals surface area contributed by atoms with Crippen LogP contribution >= 0.6 is 0 Å². The van der Waals surface area contributed by atoms with Gasteiger partial charge in [-0.15, -0.1) is 0 Å². The Balaban J connectivity index is 1.27. The molecule has 1 aromatic heterocycles. The third kappa shape index (κ3) is 9.62. The molecule has 3 amide bonds. The summed E-state index contributed by atoms with van der Waals surface area (Å²) in [5.74, 6) is -0.885. The van der Waals surface area contributed by atoms with Crippen molar-refractivity contribution in [3.8, 4) is 5.75 Å². The number of aryl methyl sites for hydroxylation is 1. The van der Waals surface area contributed by atoms with E-state index in [1.165, 1.54) is 6.07 Å². The van der Waals surface area contributed by atoms with Gasteiger partial charge in [0.2, 0.25) is 11.8 Å². The van der Waals surface area contributed by atoms with E-state index in [-0.39, 0.29) is 53.9 Å². The Hall–Kier alpha value is -4.54. The number of likely N-dealkylation sites (tertiary alicyclic amines) is 1. The van der Waals surface area contributed by atoms with Crippen LogP contribution in [0.3, 0.4) is 0 Å². The molecule has 10 nitrogen and oxygen atoms in total. The van der Waals surface area contributed by atoms with E-state index in [0.29, 0.717) is 49.7 Å². The number of nitrogens with zero attached hydrogens (tertiary/aromatic N) is 3. The zero-order valence-corrected chi connectivity index (χ0v) is 30.3. The van der Waals surface area contributed by atoms with Gasteiger partial charge in [-0.25, -0.2) is 4.39 Å². The van der Waals surface area contributed by atoms with Crippen molar-refractivity contribution in [1.82, 2.24) is 25.3 Å². The molecule has 11 heteroatoms. The number of nitrogens with one attached hydrogen (secondary N) is 2. The highest BCUT2D eigenvalue weighted by atomic mass is 19.1. The smallest absolute Gasteiger partial charge is 0.270 e. The lowest BCUT2D eigenvalue weighted by Gasteiger charge is -2.36. The maximum Gasteiger partial charge on any atom is 0.270 e. The number of amides is 3. The van der Waals surface area contributed by atoms with E-state index in [1.807, 2.05) is 37.3 Å². The van der Waals surface area contributed by atoms with Gasteiger partial charge in [-0.2, -0.15) is 5.10 Å². The van der Waals surface area contributed by atoms with Crippen LogP contribution in [0.4, 0.5) is 4.39 Å². The van der Waals surface area contributed by atoms with E-state index < -0.39 is 23.8 Å². The second-order valence-corrected chi connectivity index (χ2v) is 14.1. The molecule has 1 aliphatic heterocycles. The van der Waals surface area contributed by atoms with Crippen molar-refractivity contribution in [2.24, 2.45) is 11.8 Å². The molecule has 0 radical (unpaired) electrons. The van der Waals surface area contributed by atoms with Crippen LogP contribution < -0.4 is 15.4 Å². The molecule has 0 unspecified atom stereocenters. The van der Waals surface area contributed by atoms with Gasteiger partial charge >= 0.3 is 0 Å². The van der Waals surface area contributed by atoms with Crippen molar-refractivity contribution in [2.45, 2.75) is 110 Å². The summed E-state index contributed by atoms with van der Waals surface area (Å²) in [5, 5.41) is 10.1. The van der Waals surface area contributed by atoms with E-state index >= 15 is 4.39 Å². The van der Waals surface area contributed by atoms with E-state index in [2.05, 4.69) is 22.7 Å². The Morgan fingerprint density at radius 2 is 1.65 bits per heavy atom. The fourth-order valence-electron chi connectivity index (χ4n) is 7.31. The van der Waals surface area contributed by atoms with Crippen LogP contribution in [0.1, 0.15) is 100 Å². The van der Waals surface area contributed by atoms with Gasteiger partial charge in [0, 0.05) is 57.4 Å². The summed E-state index contributed by atoms with van der Waals surface area (Å²) in [5.41, 5.74) is 1.15. The van der Waals surface area contributed by atoms with E-state index in [4.69, 9.17) is 4.74 Å². The first-order valence-corrected chi connectivity index (χ1v) is 18.5. The van der Waals surface area contributed by atoms with E-state index in [0.717, 1.165) is 31.4 Å². The number of ether oxygens (including phenoxy) is 1. The third-order valence-electron chi connectivity index (χ3n) is 10.6. The molecule has 3 atom stereocenters. The number of hydrogen-bond acceptors (Lipinski definition) is 6. The van der Waals surface area contributed by atoms with Gasteiger partial charge in [0.05, 0.1) is 6.04 Å². The van der Waals surface area contributed by atoms with Crippen molar-refractivity contribution in [3.63, 3.8) is 0 Å². The molecule has 274 valence electrons. The summed E-state index contributed by atoms with van der Waals surface area (Å²) >= 11 is 0. The van der Waals surface area contributed by atoms with Gasteiger partial charge < -0.3 is 20.3 Å². The first kappa shape index (κ1) is 37.7. The molecule has 3 aromatic rings. The number of piperidine rings is 1. The summed E-state index contributed by atoms with van der Waals surface area (Å²) in [6.45, 7) is 9.09. The quantitative estimate of drug-likeness (QED) is 0.218. The van der Waals surface area contributed by atoms with Gasteiger partial charge in [-0.05, 0) is 67.0 Å². The maximum atomic E-state index is 15.8. The fraction of sp³-hybridized carbons (Fsp3) is 0.525. The Morgan fingerprint density at radius 3 is 2.29 bits per heavy atom. The first-order valence-electron chi connectivity index (χ1n) is 18.5. The van der Waals surface area contributed by atoms with Gasteiger partial charge in [0.1, 0.15) is 29.4 Å². The van der Waals surface area contributed by atoms with Crippen molar-refractivity contribution in [1.29, 1.82) is 0 Å². The summed E-state index contributed by atoms with van der Waals surface area (Å²) in [6.07, 6.45) is 6.42. The molecule has 5 rings (SSSR count). The van der Waals surface area contributed by atoms with Crippen molar-refractivity contribution in [3.05, 3.63) is 83.4 Å². The lowest BCUT2D eigenvalue weighted by atomic mass is 9.77. The normalized spacial score (nSPS) is 19.8. The Morgan fingerprint density at radius 1 is 0.941 bits per heavy atom. The van der Waals surface area contributed by atoms with Gasteiger partial charge in [-0.3, -0.25) is 23.9 Å². The fourth-order valence-corrected chi connectivity index (χ4v) is 7.31. The maximum absolute atomic E-state index is 15.8. The van der Waals surface area contributed by atoms with Gasteiger partial charge in [0.15, 0.2) is 5.78 Å². The zero-order valence-electron chi connectivity index (χ0n) is 30.3. The average molecular weight is 702 g/mol. The highest BCUT2D eigenvalue weighted by Crippen LogP contribution is 2.32. The van der Waals surface area contributed by atoms with Crippen LogP contribution in [0.2, 0.25) is 0 Å². The number of ketones is 1. The number of carbonyl (C=O) groups excluding carboxylic acids is 4. The second-order valence-electron chi connectivity index (χ2n) is 14.1. The molecule has 2 fully saturated rings. The predicted octanol–water partition coefficient (Wildman–Crippen LogP) is 5.85. The van der Waals surface area contributed by atoms with Crippen LogP contribution in [0, 0.1) is 17.7 Å². The van der Waals surface area contributed by atoms with Crippen LogP contribution in [0.5, 0.6) is 5.75 Å². The van der Waals surface area contributed by atoms with Crippen LogP contribution in [-0.2, 0) is 27.3 Å². The Kier molecular flexibility index (Phi) is 13.0. The monoisotopic (exact) mass is 701 g/mol. The van der Waals surface area contributed by atoms with Gasteiger partial charge in [0.25, 0.3) is 5.91 Å². The van der Waals surface area contributed by atoms with E-state index in [9.17, 15) is 19.2 Å². The molecule has 0 bridgehead atoms. The molecule has 51 heavy (non-hydrogen) atoms. The minimum atomic E-state index is -0.888. The number of para-hydroxylation sites is 1. The standard InChI is InChI=1S/C40H52FN5O5/c1-5-36(48)43-37(40(50)45-22-19-32(20-23-45)51-31-10-8-7-9-11-31)27(4)29-16-17-30(33(41)24-29)25-35(47)38(28-14-12-26(3)13-15-28)44-39(49)34-18-21-42-46(34)6-2/h7-11,16-18,21,24,26-28,32,37-38H,5-6,12-15,19-20,22-23,25H2,1-4H3,(H,43,48)(H,44,49)/t26?,27-,28?,37+,38-/m0/s1. The van der Waals surface area contributed by atoms with Crippen LogP contribution in [0.15, 0.2) is 60.8 Å². The predicted molar refractivity (Wildman–Crippen MR) is 193 cm³/mol. The molecule has 1 saturated heterocycles. The highest BCUT2D eigenvalue weighted by molar-refractivity contribution is 5.97. The molecule has 2 N–H and O–H groups in total.